The van der Waals surface area contributed by atoms with Crippen LogP contribution in [0.5, 0.6) is 0 Å². The Balaban J connectivity index is 2.00. The molecule has 0 radical (unpaired) electrons. The Hall–Kier alpha value is -3.99. The third-order valence-electron chi connectivity index (χ3n) is 7.62. The molecule has 1 heterocycles. The Bertz CT molecular complexity index is 1500. The van der Waals surface area contributed by atoms with E-state index in [1.54, 1.807) is 27.0 Å². The summed E-state index contributed by atoms with van der Waals surface area (Å²) in [6.45, 7) is 15.2. The van der Waals surface area contributed by atoms with E-state index in [-0.39, 0.29) is 12.2 Å². The van der Waals surface area contributed by atoms with E-state index in [1.807, 2.05) is 24.3 Å². The van der Waals surface area contributed by atoms with E-state index < -0.39 is 47.6 Å². The number of aromatic nitrogens is 1. The molecule has 0 saturated heterocycles. The van der Waals surface area contributed by atoms with E-state index in [4.69, 9.17) is 9.47 Å². The van der Waals surface area contributed by atoms with Crippen LogP contribution in [0.1, 0.15) is 86.6 Å². The fraction of sp³-hybridized carbons (Fsp3) is 0.526. The second-order valence-electron chi connectivity index (χ2n) is 13.6. The van der Waals surface area contributed by atoms with Crippen LogP contribution in [0.3, 0.4) is 0 Å². The average Bonchev–Trinajstić information content (AvgIpc) is 3.43. The molecule has 0 bridgehead atoms. The van der Waals surface area contributed by atoms with E-state index in [9.17, 15) is 19.2 Å². The molecule has 270 valence electrons. The first kappa shape index (κ1) is 41.2. The number of rotatable bonds is 18. The Morgan fingerprint density at radius 3 is 2.18 bits per heavy atom. The fourth-order valence-electron chi connectivity index (χ4n) is 4.89. The van der Waals surface area contributed by atoms with Crippen LogP contribution >= 0.6 is 11.8 Å². The van der Waals surface area contributed by atoms with Gasteiger partial charge in [-0.3, -0.25) is 9.59 Å². The molecule has 4 N–H and O–H groups in total. The molecule has 3 amide bonds. The van der Waals surface area contributed by atoms with Gasteiger partial charge >= 0.3 is 12.1 Å². The number of ether oxygens (including phenoxy) is 2. The maximum Gasteiger partial charge on any atom is 0.408 e. The summed E-state index contributed by atoms with van der Waals surface area (Å²) < 4.78 is 10.4. The largest absolute Gasteiger partial charge is 0.467 e. The molecule has 10 nitrogen and oxygen atoms in total. The molecule has 49 heavy (non-hydrogen) atoms. The number of alkyl carbamates (subject to hydrolysis) is 1. The van der Waals surface area contributed by atoms with Gasteiger partial charge in [-0.25, -0.2) is 9.59 Å². The molecular formula is C38H56N4O6S. The minimum Gasteiger partial charge on any atom is -0.467 e. The number of esters is 1. The maximum absolute atomic E-state index is 13.4. The number of nitrogens with one attached hydrogen (secondary N) is 4. The standard InChI is InChI=1S/C38H56N4O6S/c1-25(2)14-12-15-26(3)16-13-17-27(4)20-21-49-24-33(42-37(46)48-38(6,7)8)35(44)40-28(5)34(43)41-32(36(45)47-9)22-29-23-39-31-19-11-10-18-30(29)31/h10-11,14,16,18-20,23,28,32-33,39H,12-13,15,17,21-22,24H2,1-9H3,(H,40,44)(H,41,43)(H,42,46)/b26-16+,27-20+/t28-,32-,33-/m0/s1. The number of thioether (sulfide) groups is 1. The molecular weight excluding hydrogens is 641 g/mol. The predicted molar refractivity (Wildman–Crippen MR) is 199 cm³/mol. The van der Waals surface area contributed by atoms with Crippen LogP contribution in [0.4, 0.5) is 4.79 Å². The highest BCUT2D eigenvalue weighted by atomic mass is 32.2. The van der Waals surface area contributed by atoms with Crippen LogP contribution in [-0.4, -0.2) is 71.2 Å². The summed E-state index contributed by atoms with van der Waals surface area (Å²) in [5.74, 6) is -0.793. The van der Waals surface area contributed by atoms with Crippen molar-refractivity contribution in [3.8, 4) is 0 Å². The molecule has 3 atom stereocenters. The topological polar surface area (TPSA) is 139 Å². The van der Waals surface area contributed by atoms with Gasteiger partial charge in [-0.2, -0.15) is 11.8 Å². The zero-order chi connectivity index (χ0) is 36.6. The summed E-state index contributed by atoms with van der Waals surface area (Å²) >= 11 is 1.49. The van der Waals surface area contributed by atoms with Gasteiger partial charge in [0.25, 0.3) is 0 Å². The number of fused-ring (bicyclic) bond motifs is 1. The van der Waals surface area contributed by atoms with Gasteiger partial charge < -0.3 is 30.4 Å². The van der Waals surface area contributed by atoms with E-state index in [2.05, 4.69) is 66.9 Å². The van der Waals surface area contributed by atoms with Gasteiger partial charge in [-0.15, -0.1) is 0 Å². The second-order valence-corrected chi connectivity index (χ2v) is 14.6. The first-order valence-electron chi connectivity index (χ1n) is 16.8. The van der Waals surface area contributed by atoms with Gasteiger partial charge in [-0.05, 0) is 92.7 Å². The number of hydrogen-bond acceptors (Lipinski definition) is 7. The van der Waals surface area contributed by atoms with E-state index in [1.165, 1.54) is 42.5 Å². The van der Waals surface area contributed by atoms with E-state index in [0.29, 0.717) is 5.75 Å². The molecule has 1 aromatic heterocycles. The smallest absolute Gasteiger partial charge is 0.408 e. The normalized spacial score (nSPS) is 14.0. The number of carbonyl (C=O) groups is 4. The monoisotopic (exact) mass is 696 g/mol. The molecule has 0 spiro atoms. The van der Waals surface area contributed by atoms with E-state index >= 15 is 0 Å². The third kappa shape index (κ3) is 15.8. The predicted octanol–water partition coefficient (Wildman–Crippen LogP) is 6.92. The summed E-state index contributed by atoms with van der Waals surface area (Å²) in [6, 6.07) is 4.72. The van der Waals surface area contributed by atoms with Crippen molar-refractivity contribution in [1.82, 2.24) is 20.9 Å². The quantitative estimate of drug-likeness (QED) is 0.0754. The number of hydrogen-bond donors (Lipinski definition) is 4. The number of amides is 3. The third-order valence-corrected chi connectivity index (χ3v) is 8.59. The summed E-state index contributed by atoms with van der Waals surface area (Å²) in [7, 11) is 1.26. The molecule has 11 heteroatoms. The second kappa shape index (κ2) is 20.5. The average molecular weight is 697 g/mol. The lowest BCUT2D eigenvalue weighted by Crippen LogP contribution is -2.56. The first-order chi connectivity index (χ1) is 23.1. The van der Waals surface area contributed by atoms with Crippen molar-refractivity contribution in [2.75, 3.05) is 18.6 Å². The molecule has 0 aliphatic carbocycles. The highest BCUT2D eigenvalue weighted by Gasteiger charge is 2.29. The van der Waals surface area contributed by atoms with Crippen molar-refractivity contribution in [2.24, 2.45) is 0 Å². The van der Waals surface area contributed by atoms with Gasteiger partial charge in [0, 0.05) is 35.0 Å². The Morgan fingerprint density at radius 2 is 1.53 bits per heavy atom. The van der Waals surface area contributed by atoms with Gasteiger partial charge in [0.1, 0.15) is 23.7 Å². The Labute approximate surface area is 296 Å². The van der Waals surface area contributed by atoms with Crippen molar-refractivity contribution >= 4 is 46.5 Å². The molecule has 0 aliphatic heterocycles. The highest BCUT2D eigenvalue weighted by Crippen LogP contribution is 2.20. The van der Waals surface area contributed by atoms with Crippen LogP contribution < -0.4 is 16.0 Å². The van der Waals surface area contributed by atoms with Gasteiger partial charge in [0.15, 0.2) is 0 Å². The number of aromatic amines is 1. The van der Waals surface area contributed by atoms with Gasteiger partial charge in [0.05, 0.1) is 7.11 Å². The highest BCUT2D eigenvalue weighted by molar-refractivity contribution is 7.99. The molecule has 0 fully saturated rings. The lowest BCUT2D eigenvalue weighted by atomic mass is 10.0. The van der Waals surface area contributed by atoms with Crippen molar-refractivity contribution < 1.29 is 28.7 Å². The van der Waals surface area contributed by atoms with Gasteiger partial charge in [0.2, 0.25) is 11.8 Å². The Kier molecular flexibility index (Phi) is 17.2. The van der Waals surface area contributed by atoms with Crippen LogP contribution in [0, 0.1) is 0 Å². The van der Waals surface area contributed by atoms with E-state index in [0.717, 1.165) is 42.1 Å². The van der Waals surface area contributed by atoms with Crippen molar-refractivity contribution in [3.63, 3.8) is 0 Å². The van der Waals surface area contributed by atoms with Crippen LogP contribution in [0.25, 0.3) is 10.9 Å². The van der Waals surface area contributed by atoms with Crippen LogP contribution in [-0.2, 0) is 30.3 Å². The molecule has 1 aromatic carbocycles. The SMILES string of the molecule is COC(=O)[C@H](Cc1c[nH]c2ccccc12)NC(=O)[C@H](C)NC(=O)[C@H](CSC/C=C(\C)CC/C=C(\C)CCC=C(C)C)NC(=O)OC(C)(C)C. The summed E-state index contributed by atoms with van der Waals surface area (Å²) in [5, 5.41) is 8.99. The van der Waals surface area contributed by atoms with Crippen LogP contribution in [0.2, 0.25) is 0 Å². The molecule has 0 aliphatic rings. The van der Waals surface area contributed by atoms with Crippen LogP contribution in [0.15, 0.2) is 65.4 Å². The number of H-pyrrole nitrogens is 1. The molecule has 0 unspecified atom stereocenters. The number of carbonyl (C=O) groups excluding carboxylic acids is 4. The minimum absolute atomic E-state index is 0.196. The number of para-hydroxylation sites is 1. The Morgan fingerprint density at radius 1 is 0.878 bits per heavy atom. The number of methoxy groups -OCH3 is 1. The number of allylic oxidation sites excluding steroid dienone is 5. The van der Waals surface area contributed by atoms with Crippen molar-refractivity contribution in [3.05, 3.63) is 71.0 Å². The molecule has 0 saturated carbocycles. The zero-order valence-corrected chi connectivity index (χ0v) is 31.5. The lowest BCUT2D eigenvalue weighted by molar-refractivity contribution is -0.145. The zero-order valence-electron chi connectivity index (χ0n) is 30.7. The summed E-state index contributed by atoms with van der Waals surface area (Å²) in [4.78, 5) is 55.0. The number of benzene rings is 1. The van der Waals surface area contributed by atoms with Gasteiger partial charge in [-0.1, -0.05) is 53.1 Å². The lowest BCUT2D eigenvalue weighted by Gasteiger charge is -2.25. The first-order valence-corrected chi connectivity index (χ1v) is 18.0. The molecule has 2 aromatic rings. The van der Waals surface area contributed by atoms with Crippen molar-refractivity contribution in [2.45, 2.75) is 111 Å². The fourth-order valence-corrected chi connectivity index (χ4v) is 5.90. The summed E-state index contributed by atoms with van der Waals surface area (Å²) in [5.41, 5.74) is 4.98. The minimum atomic E-state index is -1.00. The maximum atomic E-state index is 13.4. The summed E-state index contributed by atoms with van der Waals surface area (Å²) in [6.07, 6.45) is 12.0. The van der Waals surface area contributed by atoms with Crippen molar-refractivity contribution in [1.29, 1.82) is 0 Å². The molecule has 2 rings (SSSR count).